The number of hydrogen-bond acceptors (Lipinski definition) is 8. The molecule has 0 spiro atoms. The van der Waals surface area contributed by atoms with Gasteiger partial charge in [0.05, 0.1) is 5.39 Å². The molecule has 6 nitrogen and oxygen atoms in total. The van der Waals surface area contributed by atoms with Gasteiger partial charge in [0.2, 0.25) is 5.13 Å². The van der Waals surface area contributed by atoms with Crippen LogP contribution in [0.25, 0.3) is 10.2 Å². The van der Waals surface area contributed by atoms with Crippen LogP contribution in [0.2, 0.25) is 0 Å². The first-order valence-electron chi connectivity index (χ1n) is 8.84. The molecule has 0 atom stereocenters. The highest BCUT2D eigenvalue weighted by Crippen LogP contribution is 2.31. The third kappa shape index (κ3) is 3.32. The summed E-state index contributed by atoms with van der Waals surface area (Å²) < 4.78 is 4.43. The number of nitrogens with zero attached hydrogens (tertiary/aromatic N) is 6. The Bertz CT molecular complexity index is 858. The molecule has 0 N–H and O–H groups in total. The van der Waals surface area contributed by atoms with Crippen molar-refractivity contribution in [3.05, 3.63) is 23.1 Å². The van der Waals surface area contributed by atoms with Crippen LogP contribution < -0.4 is 9.80 Å². The fraction of sp³-hybridized carbons (Fsp3) is 0.529. The Morgan fingerprint density at radius 1 is 1.04 bits per heavy atom. The Kier molecular flexibility index (Phi) is 4.80. The highest BCUT2D eigenvalue weighted by molar-refractivity contribution is 7.18. The molecule has 1 fully saturated rings. The zero-order valence-corrected chi connectivity index (χ0v) is 16.2. The van der Waals surface area contributed by atoms with Crippen molar-refractivity contribution in [1.82, 2.24) is 19.3 Å². The Morgan fingerprint density at radius 3 is 2.68 bits per heavy atom. The van der Waals surface area contributed by atoms with Crippen LogP contribution in [0.1, 0.15) is 31.0 Å². The molecule has 3 aromatic rings. The number of fused-ring (bicyclic) bond motifs is 1. The summed E-state index contributed by atoms with van der Waals surface area (Å²) in [5.74, 6) is 2.03. The smallest absolute Gasteiger partial charge is 0.205 e. The second-order valence-electron chi connectivity index (χ2n) is 6.16. The molecular weight excluding hydrogens is 352 g/mol. The number of aromatic nitrogens is 4. The van der Waals surface area contributed by atoms with E-state index in [4.69, 9.17) is 0 Å². The predicted molar refractivity (Wildman–Crippen MR) is 105 cm³/mol. The first-order chi connectivity index (χ1) is 12.3. The molecule has 3 aromatic heterocycles. The summed E-state index contributed by atoms with van der Waals surface area (Å²) >= 11 is 3.30. The van der Waals surface area contributed by atoms with Crippen molar-refractivity contribution < 1.29 is 0 Å². The summed E-state index contributed by atoms with van der Waals surface area (Å²) in [6.45, 7) is 8.22. The topological polar surface area (TPSA) is 58.0 Å². The van der Waals surface area contributed by atoms with Crippen LogP contribution in [-0.4, -0.2) is 45.5 Å². The average Bonchev–Trinajstić information content (AvgIpc) is 3.22. The molecule has 1 aliphatic rings. The number of hydrogen-bond donors (Lipinski definition) is 0. The molecule has 1 saturated heterocycles. The van der Waals surface area contributed by atoms with Gasteiger partial charge in [0, 0.05) is 49.0 Å². The van der Waals surface area contributed by atoms with E-state index >= 15 is 0 Å². The quantitative estimate of drug-likeness (QED) is 0.698. The summed E-state index contributed by atoms with van der Waals surface area (Å²) in [5, 5.41) is 2.25. The lowest BCUT2D eigenvalue weighted by molar-refractivity contribution is 0.797. The van der Waals surface area contributed by atoms with E-state index in [0.29, 0.717) is 0 Å². The number of anilines is 2. The minimum Gasteiger partial charge on any atom is -0.354 e. The molecule has 0 aliphatic carbocycles. The standard InChI is InChI=1S/C17H22N6S2/c1-3-12-10-13-15(18-11-19-16(13)24-12)22-6-5-7-23(9-8-22)17-20-14(4-2)21-25-17/h10-11H,3-9H2,1-2H3. The summed E-state index contributed by atoms with van der Waals surface area (Å²) in [4.78, 5) is 20.9. The predicted octanol–water partition coefficient (Wildman–Crippen LogP) is 3.38. The van der Waals surface area contributed by atoms with E-state index in [1.807, 2.05) is 0 Å². The number of thiophene rings is 1. The van der Waals surface area contributed by atoms with Crippen molar-refractivity contribution in [1.29, 1.82) is 0 Å². The lowest BCUT2D eigenvalue weighted by atomic mass is 10.3. The first kappa shape index (κ1) is 16.7. The Balaban J connectivity index is 1.55. The second kappa shape index (κ2) is 7.21. The van der Waals surface area contributed by atoms with E-state index in [2.05, 4.69) is 49.0 Å². The number of rotatable bonds is 4. The minimum absolute atomic E-state index is 0.896. The maximum absolute atomic E-state index is 4.65. The van der Waals surface area contributed by atoms with Crippen LogP contribution in [0.5, 0.6) is 0 Å². The molecule has 25 heavy (non-hydrogen) atoms. The zero-order chi connectivity index (χ0) is 17.2. The van der Waals surface area contributed by atoms with Crippen molar-refractivity contribution in [3.63, 3.8) is 0 Å². The minimum atomic E-state index is 0.896. The SMILES string of the molecule is CCc1nsc(N2CCCN(c3ncnc4sc(CC)cc34)CC2)n1. The molecule has 0 bridgehead atoms. The normalized spacial score (nSPS) is 15.8. The van der Waals surface area contributed by atoms with Crippen molar-refractivity contribution in [2.75, 3.05) is 36.0 Å². The summed E-state index contributed by atoms with van der Waals surface area (Å²) in [5.41, 5.74) is 0. The van der Waals surface area contributed by atoms with Gasteiger partial charge in [0.1, 0.15) is 22.8 Å². The third-order valence-corrected chi connectivity index (χ3v) is 6.55. The maximum atomic E-state index is 4.65. The first-order valence-corrected chi connectivity index (χ1v) is 10.4. The zero-order valence-electron chi connectivity index (χ0n) is 14.6. The molecule has 8 heteroatoms. The second-order valence-corrected chi connectivity index (χ2v) is 8.00. The molecule has 0 aromatic carbocycles. The van der Waals surface area contributed by atoms with E-state index in [-0.39, 0.29) is 0 Å². The van der Waals surface area contributed by atoms with Gasteiger partial charge in [0.25, 0.3) is 0 Å². The van der Waals surface area contributed by atoms with Gasteiger partial charge in [-0.2, -0.15) is 4.37 Å². The van der Waals surface area contributed by atoms with Crippen molar-refractivity contribution in [2.45, 2.75) is 33.1 Å². The van der Waals surface area contributed by atoms with Gasteiger partial charge in [0.15, 0.2) is 0 Å². The third-order valence-electron chi connectivity index (χ3n) is 4.55. The van der Waals surface area contributed by atoms with E-state index in [9.17, 15) is 0 Å². The maximum Gasteiger partial charge on any atom is 0.205 e. The van der Waals surface area contributed by atoms with Crippen LogP contribution in [0.15, 0.2) is 12.4 Å². The van der Waals surface area contributed by atoms with E-state index in [1.165, 1.54) is 21.8 Å². The summed E-state index contributed by atoms with van der Waals surface area (Å²) in [6.07, 6.45) is 4.74. The summed E-state index contributed by atoms with van der Waals surface area (Å²) in [7, 11) is 0. The molecule has 1 aliphatic heterocycles. The van der Waals surface area contributed by atoms with Crippen molar-refractivity contribution in [2.24, 2.45) is 0 Å². The highest BCUT2D eigenvalue weighted by Gasteiger charge is 2.21. The Hall–Kier alpha value is -1.80. The van der Waals surface area contributed by atoms with Crippen LogP contribution in [0.3, 0.4) is 0 Å². The lowest BCUT2D eigenvalue weighted by Gasteiger charge is -2.22. The van der Waals surface area contributed by atoms with Gasteiger partial charge >= 0.3 is 0 Å². The van der Waals surface area contributed by atoms with E-state index in [0.717, 1.165) is 67.0 Å². The van der Waals surface area contributed by atoms with Gasteiger partial charge < -0.3 is 9.80 Å². The van der Waals surface area contributed by atoms with E-state index in [1.54, 1.807) is 17.7 Å². The van der Waals surface area contributed by atoms with Gasteiger partial charge in [-0.3, -0.25) is 0 Å². The molecule has 4 heterocycles. The molecule has 0 amide bonds. The van der Waals surface area contributed by atoms with Gasteiger partial charge in [-0.1, -0.05) is 13.8 Å². The summed E-state index contributed by atoms with van der Waals surface area (Å²) in [6, 6.07) is 2.26. The lowest BCUT2D eigenvalue weighted by Crippen LogP contribution is -2.31. The van der Waals surface area contributed by atoms with Crippen LogP contribution in [-0.2, 0) is 12.8 Å². The highest BCUT2D eigenvalue weighted by atomic mass is 32.1. The Morgan fingerprint density at radius 2 is 1.88 bits per heavy atom. The molecule has 0 unspecified atom stereocenters. The van der Waals surface area contributed by atoms with Crippen LogP contribution in [0, 0.1) is 0 Å². The van der Waals surface area contributed by atoms with Crippen LogP contribution >= 0.6 is 22.9 Å². The molecule has 132 valence electrons. The van der Waals surface area contributed by atoms with Gasteiger partial charge in [-0.25, -0.2) is 15.0 Å². The average molecular weight is 375 g/mol. The molecular formula is C17H22N6S2. The van der Waals surface area contributed by atoms with Gasteiger partial charge in [-0.05, 0) is 18.9 Å². The fourth-order valence-corrected chi connectivity index (χ4v) is 4.89. The van der Waals surface area contributed by atoms with Gasteiger partial charge in [-0.15, -0.1) is 11.3 Å². The largest absolute Gasteiger partial charge is 0.354 e. The fourth-order valence-electron chi connectivity index (χ4n) is 3.16. The van der Waals surface area contributed by atoms with Crippen LogP contribution in [0.4, 0.5) is 10.9 Å². The number of aryl methyl sites for hydroxylation is 2. The molecule has 0 saturated carbocycles. The monoisotopic (exact) mass is 374 g/mol. The molecule has 0 radical (unpaired) electrons. The Labute approximate surface area is 155 Å². The molecule has 4 rings (SSSR count). The van der Waals surface area contributed by atoms with E-state index < -0.39 is 0 Å². The van der Waals surface area contributed by atoms with Crippen molar-refractivity contribution in [3.8, 4) is 0 Å². The van der Waals surface area contributed by atoms with Crippen molar-refractivity contribution >= 4 is 44.0 Å².